The molecule has 1 saturated heterocycles. The summed E-state index contributed by atoms with van der Waals surface area (Å²) < 4.78 is 22.7. The van der Waals surface area contributed by atoms with Crippen LogP contribution in [0.5, 0.6) is 5.75 Å². The molecule has 8 heteroatoms. The number of piperidine rings is 1. The van der Waals surface area contributed by atoms with E-state index >= 15 is 0 Å². The molecule has 0 amide bonds. The average Bonchev–Trinajstić information content (AvgIpc) is 3.15. The number of halogens is 2. The molecule has 0 bridgehead atoms. The molecule has 0 N–H and O–H groups in total. The van der Waals surface area contributed by atoms with Crippen LogP contribution in [0.4, 0.5) is 4.39 Å². The van der Waals surface area contributed by atoms with Crippen molar-refractivity contribution in [3.63, 3.8) is 0 Å². The zero-order valence-corrected chi connectivity index (χ0v) is 20.4. The van der Waals surface area contributed by atoms with E-state index in [1.807, 2.05) is 6.07 Å². The minimum Gasteiger partial charge on any atom is -0.487 e. The number of hydrogen-bond acceptors (Lipinski definition) is 4. The van der Waals surface area contributed by atoms with Crippen LogP contribution >= 0.6 is 12.4 Å². The summed E-state index contributed by atoms with van der Waals surface area (Å²) in [5, 5.41) is 1.30. The molecule has 182 valence electrons. The van der Waals surface area contributed by atoms with Gasteiger partial charge in [-0.1, -0.05) is 12.5 Å². The fourth-order valence-electron chi connectivity index (χ4n) is 5.60. The molecule has 1 aromatic carbocycles. The molecule has 2 aliphatic heterocycles. The lowest BCUT2D eigenvalue weighted by atomic mass is 9.91. The third-order valence-corrected chi connectivity index (χ3v) is 7.26. The van der Waals surface area contributed by atoms with Gasteiger partial charge in [-0.15, -0.1) is 12.4 Å². The number of aromatic nitrogens is 3. The fourth-order valence-corrected chi connectivity index (χ4v) is 5.60. The lowest BCUT2D eigenvalue weighted by molar-refractivity contribution is 0.133. The third-order valence-electron chi connectivity index (χ3n) is 7.26. The Morgan fingerprint density at radius 1 is 1.11 bits per heavy atom. The molecular weight excluding hydrogens is 467 g/mol. The van der Waals surface area contributed by atoms with Crippen LogP contribution in [0.1, 0.15) is 42.3 Å². The van der Waals surface area contributed by atoms with E-state index in [9.17, 15) is 9.18 Å². The van der Waals surface area contributed by atoms with Gasteiger partial charge in [-0.05, 0) is 61.7 Å². The molecule has 4 aromatic rings. The minimum atomic E-state index is -0.390. The third kappa shape index (κ3) is 4.23. The predicted molar refractivity (Wildman–Crippen MR) is 136 cm³/mol. The van der Waals surface area contributed by atoms with Crippen molar-refractivity contribution in [2.24, 2.45) is 7.05 Å². The Bertz CT molecular complexity index is 1430. The van der Waals surface area contributed by atoms with E-state index in [-0.39, 0.29) is 24.6 Å². The Hall–Kier alpha value is -3.16. The van der Waals surface area contributed by atoms with Crippen molar-refractivity contribution in [2.75, 3.05) is 13.1 Å². The Morgan fingerprint density at radius 2 is 2.00 bits per heavy atom. The summed E-state index contributed by atoms with van der Waals surface area (Å²) in [4.78, 5) is 19.5. The van der Waals surface area contributed by atoms with Crippen LogP contribution in [0.25, 0.3) is 16.6 Å². The van der Waals surface area contributed by atoms with Crippen molar-refractivity contribution in [3.8, 4) is 11.4 Å². The summed E-state index contributed by atoms with van der Waals surface area (Å²) in [5.74, 6) is 0.0682. The van der Waals surface area contributed by atoms with Crippen molar-refractivity contribution in [1.82, 2.24) is 19.0 Å². The zero-order valence-electron chi connectivity index (χ0n) is 19.6. The highest BCUT2D eigenvalue weighted by Gasteiger charge is 2.33. The predicted octanol–water partition coefficient (Wildman–Crippen LogP) is 4.95. The average molecular weight is 495 g/mol. The number of rotatable bonds is 4. The van der Waals surface area contributed by atoms with E-state index in [1.165, 1.54) is 60.1 Å². The molecule has 35 heavy (non-hydrogen) atoms. The highest BCUT2D eigenvalue weighted by atomic mass is 35.5. The molecule has 2 aliphatic rings. The van der Waals surface area contributed by atoms with Crippen molar-refractivity contribution < 1.29 is 9.13 Å². The van der Waals surface area contributed by atoms with Gasteiger partial charge in [-0.3, -0.25) is 19.2 Å². The van der Waals surface area contributed by atoms with E-state index in [0.29, 0.717) is 17.5 Å². The first kappa shape index (κ1) is 23.6. The second-order valence-corrected chi connectivity index (χ2v) is 9.25. The van der Waals surface area contributed by atoms with Crippen molar-refractivity contribution in [3.05, 3.63) is 88.0 Å². The maximum Gasteiger partial charge on any atom is 0.258 e. The smallest absolute Gasteiger partial charge is 0.258 e. The number of benzene rings is 1. The van der Waals surface area contributed by atoms with Gasteiger partial charge in [-0.2, -0.15) is 0 Å². The monoisotopic (exact) mass is 494 g/mol. The highest BCUT2D eigenvalue weighted by molar-refractivity contribution is 5.87. The number of aryl methyl sites for hydroxylation is 1. The molecule has 5 heterocycles. The van der Waals surface area contributed by atoms with Gasteiger partial charge in [0.15, 0.2) is 0 Å². The molecule has 0 aliphatic carbocycles. The summed E-state index contributed by atoms with van der Waals surface area (Å²) in [6.07, 6.45) is 7.77. The normalized spacial score (nSPS) is 17.5. The molecule has 1 fully saturated rings. The Kier molecular flexibility index (Phi) is 6.38. The molecule has 6 rings (SSSR count). The van der Waals surface area contributed by atoms with E-state index in [0.717, 1.165) is 24.8 Å². The zero-order chi connectivity index (χ0) is 23.2. The van der Waals surface area contributed by atoms with Gasteiger partial charge in [0.25, 0.3) is 5.56 Å². The van der Waals surface area contributed by atoms with Gasteiger partial charge in [0.05, 0.1) is 29.1 Å². The van der Waals surface area contributed by atoms with Crippen LogP contribution in [0, 0.1) is 5.82 Å². The molecule has 6 nitrogen and oxygen atoms in total. The van der Waals surface area contributed by atoms with Crippen LogP contribution in [0.15, 0.2) is 59.7 Å². The standard InChI is InChI=1S/C27H27FN4O2.ClH/c1-30-25-14-20(7-8-22(25)23-10-12-31-11-3-2-4-24(31)27(23)30)32-13-9-21(15-26(32)33)34-17-19-6-5-18(28)16-29-19;/h5-9,13-16,24H,2-4,10-12,17H2,1H3;1H. The minimum absolute atomic E-state index is 0. The Morgan fingerprint density at radius 3 is 2.80 bits per heavy atom. The van der Waals surface area contributed by atoms with Crippen LogP contribution in [-0.2, 0) is 20.1 Å². The molecule has 3 aromatic heterocycles. The van der Waals surface area contributed by atoms with Gasteiger partial charge < -0.3 is 9.30 Å². The van der Waals surface area contributed by atoms with Crippen LogP contribution < -0.4 is 10.3 Å². The Labute approximate surface area is 209 Å². The van der Waals surface area contributed by atoms with Gasteiger partial charge in [0.1, 0.15) is 18.2 Å². The van der Waals surface area contributed by atoms with E-state index in [4.69, 9.17) is 4.74 Å². The molecule has 0 saturated carbocycles. The van der Waals surface area contributed by atoms with Gasteiger partial charge >= 0.3 is 0 Å². The first-order valence-electron chi connectivity index (χ1n) is 11.9. The summed E-state index contributed by atoms with van der Waals surface area (Å²) in [6.45, 7) is 2.49. The second-order valence-electron chi connectivity index (χ2n) is 9.25. The summed E-state index contributed by atoms with van der Waals surface area (Å²) in [6, 6.07) is 13.0. The van der Waals surface area contributed by atoms with Crippen molar-refractivity contribution in [2.45, 2.75) is 38.3 Å². The number of pyridine rings is 2. The summed E-state index contributed by atoms with van der Waals surface area (Å²) in [5.41, 5.74) is 5.36. The van der Waals surface area contributed by atoms with Gasteiger partial charge in [0, 0.05) is 36.9 Å². The molecule has 1 atom stereocenters. The second kappa shape index (κ2) is 9.47. The van der Waals surface area contributed by atoms with Crippen LogP contribution in [0.3, 0.4) is 0 Å². The number of nitrogens with zero attached hydrogens (tertiary/aromatic N) is 4. The maximum atomic E-state index is 13.0. The number of hydrogen-bond donors (Lipinski definition) is 0. The summed E-state index contributed by atoms with van der Waals surface area (Å²) in [7, 11) is 2.16. The lowest BCUT2D eigenvalue weighted by Gasteiger charge is -2.40. The summed E-state index contributed by atoms with van der Waals surface area (Å²) >= 11 is 0. The molecular formula is C27H28ClFN4O2. The lowest BCUT2D eigenvalue weighted by Crippen LogP contribution is -2.39. The van der Waals surface area contributed by atoms with E-state index in [2.05, 4.69) is 33.6 Å². The first-order valence-corrected chi connectivity index (χ1v) is 11.9. The quantitative estimate of drug-likeness (QED) is 0.403. The van der Waals surface area contributed by atoms with Crippen molar-refractivity contribution >= 4 is 23.3 Å². The number of fused-ring (bicyclic) bond motifs is 5. The largest absolute Gasteiger partial charge is 0.487 e. The molecule has 0 spiro atoms. The topological polar surface area (TPSA) is 52.3 Å². The van der Waals surface area contributed by atoms with Gasteiger partial charge in [0.2, 0.25) is 0 Å². The van der Waals surface area contributed by atoms with E-state index in [1.54, 1.807) is 22.9 Å². The fraction of sp³-hybridized carbons (Fsp3) is 0.333. The Balaban J connectivity index is 0.00000253. The maximum absolute atomic E-state index is 13.0. The highest BCUT2D eigenvalue weighted by Crippen LogP contribution is 2.41. The van der Waals surface area contributed by atoms with Gasteiger partial charge in [-0.25, -0.2) is 4.39 Å². The number of ether oxygens (including phenoxy) is 1. The van der Waals surface area contributed by atoms with Crippen LogP contribution in [0.2, 0.25) is 0 Å². The van der Waals surface area contributed by atoms with Crippen LogP contribution in [-0.4, -0.2) is 32.1 Å². The van der Waals surface area contributed by atoms with E-state index < -0.39 is 5.82 Å². The van der Waals surface area contributed by atoms with Crippen molar-refractivity contribution in [1.29, 1.82) is 0 Å². The first-order chi connectivity index (χ1) is 16.6. The molecule has 0 radical (unpaired) electrons. The SMILES string of the molecule is Cl.Cn1c2c(c3ccc(-n4ccc(OCc5ccc(F)cn5)cc4=O)cc31)CCN1CCCCC21. The molecule has 1 unspecified atom stereocenters.